The maximum absolute atomic E-state index is 9.97. The molecule has 0 spiro atoms. The van der Waals surface area contributed by atoms with E-state index < -0.39 is 0 Å². The zero-order chi connectivity index (χ0) is 18.1. The van der Waals surface area contributed by atoms with E-state index >= 15 is 0 Å². The lowest BCUT2D eigenvalue weighted by Crippen LogP contribution is -2.47. The highest BCUT2D eigenvalue weighted by Crippen LogP contribution is 2.13. The van der Waals surface area contributed by atoms with Crippen molar-refractivity contribution in [2.24, 2.45) is 0 Å². The number of unbranched alkanes of at least 4 members (excludes halogenated alkanes) is 11. The molecule has 3 nitrogen and oxygen atoms in total. The van der Waals surface area contributed by atoms with Crippen molar-refractivity contribution in [3.8, 4) is 0 Å². The zero-order valence-corrected chi connectivity index (χ0v) is 17.2. The van der Waals surface area contributed by atoms with Gasteiger partial charge in [0, 0.05) is 6.61 Å². The molecule has 1 atom stereocenters. The van der Waals surface area contributed by atoms with Crippen LogP contribution in [-0.2, 0) is 4.74 Å². The van der Waals surface area contributed by atoms with Crippen LogP contribution in [-0.4, -0.2) is 56.1 Å². The van der Waals surface area contributed by atoms with Crippen molar-refractivity contribution in [3.63, 3.8) is 0 Å². The average molecular weight is 345 g/mol. The molecule has 0 aromatic heterocycles. The summed E-state index contributed by atoms with van der Waals surface area (Å²) in [5, 5.41) is 9.97. The van der Waals surface area contributed by atoms with Crippen molar-refractivity contribution < 1.29 is 14.3 Å². The molecule has 0 bridgehead atoms. The molecule has 0 aliphatic heterocycles. The molecular weight excluding hydrogens is 298 g/mol. The first-order valence-electron chi connectivity index (χ1n) is 10.6. The monoisotopic (exact) mass is 344 g/mol. The fourth-order valence-electron chi connectivity index (χ4n) is 3.35. The third-order valence-electron chi connectivity index (χ3n) is 4.84. The van der Waals surface area contributed by atoms with Crippen LogP contribution in [0, 0.1) is 0 Å². The molecule has 1 unspecified atom stereocenters. The SMILES string of the molecule is CCCCCCCCCCCCCC[N+](C)(C)CC(O)COCC. The summed E-state index contributed by atoms with van der Waals surface area (Å²) >= 11 is 0. The second-order valence-corrected chi connectivity index (χ2v) is 8.04. The van der Waals surface area contributed by atoms with Crippen LogP contribution in [0.2, 0.25) is 0 Å². The highest BCUT2D eigenvalue weighted by molar-refractivity contribution is 4.53. The van der Waals surface area contributed by atoms with Crippen LogP contribution in [0.3, 0.4) is 0 Å². The standard InChI is InChI=1S/C21H46NO2/c1-5-7-8-9-10-11-12-13-14-15-16-17-18-22(3,4)19-21(23)20-24-6-2/h21,23H,5-20H2,1-4H3/q+1. The molecule has 0 aromatic rings. The van der Waals surface area contributed by atoms with Crippen LogP contribution >= 0.6 is 0 Å². The Hall–Kier alpha value is -0.120. The quantitative estimate of drug-likeness (QED) is 0.275. The maximum atomic E-state index is 9.97. The summed E-state index contributed by atoms with van der Waals surface area (Å²) in [4.78, 5) is 0. The third kappa shape index (κ3) is 16.7. The van der Waals surface area contributed by atoms with Gasteiger partial charge in [-0.1, -0.05) is 71.1 Å². The number of likely N-dealkylation sites (N-methyl/N-ethyl adjacent to an activating group) is 1. The van der Waals surface area contributed by atoms with Gasteiger partial charge < -0.3 is 14.3 Å². The average Bonchev–Trinajstić information content (AvgIpc) is 2.53. The summed E-state index contributed by atoms with van der Waals surface area (Å²) in [6, 6.07) is 0. The van der Waals surface area contributed by atoms with Crippen LogP contribution in [0.5, 0.6) is 0 Å². The van der Waals surface area contributed by atoms with Crippen LogP contribution < -0.4 is 0 Å². The smallest absolute Gasteiger partial charge is 0.126 e. The molecule has 0 fully saturated rings. The Bertz CT molecular complexity index is 256. The summed E-state index contributed by atoms with van der Waals surface area (Å²) in [7, 11) is 4.43. The highest BCUT2D eigenvalue weighted by Gasteiger charge is 2.19. The summed E-state index contributed by atoms with van der Waals surface area (Å²) in [5.74, 6) is 0. The summed E-state index contributed by atoms with van der Waals surface area (Å²) in [6.45, 7) is 7.35. The van der Waals surface area contributed by atoms with Gasteiger partial charge in [-0.25, -0.2) is 0 Å². The van der Waals surface area contributed by atoms with Gasteiger partial charge in [0.2, 0.25) is 0 Å². The predicted molar refractivity (Wildman–Crippen MR) is 105 cm³/mol. The molecule has 3 heteroatoms. The molecule has 0 radical (unpaired) electrons. The van der Waals surface area contributed by atoms with Gasteiger partial charge in [-0.2, -0.15) is 0 Å². The van der Waals surface area contributed by atoms with E-state index in [1.807, 2.05) is 6.92 Å². The van der Waals surface area contributed by atoms with Gasteiger partial charge in [0.05, 0.1) is 27.2 Å². The predicted octanol–water partition coefficient (Wildman–Crippen LogP) is 5.16. The lowest BCUT2D eigenvalue weighted by Gasteiger charge is -2.31. The highest BCUT2D eigenvalue weighted by atomic mass is 16.5. The number of nitrogens with zero attached hydrogens (tertiary/aromatic N) is 1. The zero-order valence-electron chi connectivity index (χ0n) is 17.2. The van der Waals surface area contributed by atoms with E-state index in [9.17, 15) is 5.11 Å². The van der Waals surface area contributed by atoms with Crippen molar-refractivity contribution in [1.82, 2.24) is 0 Å². The molecule has 0 amide bonds. The second kappa shape index (κ2) is 16.4. The largest absolute Gasteiger partial charge is 0.385 e. The van der Waals surface area contributed by atoms with Crippen LogP contribution in [0.1, 0.15) is 90.9 Å². The molecular formula is C21H46NO2+. The number of aliphatic hydroxyl groups excluding tert-OH is 1. The molecule has 24 heavy (non-hydrogen) atoms. The van der Waals surface area contributed by atoms with Crippen LogP contribution in [0.15, 0.2) is 0 Å². The fourth-order valence-corrected chi connectivity index (χ4v) is 3.35. The van der Waals surface area contributed by atoms with E-state index in [1.54, 1.807) is 0 Å². The van der Waals surface area contributed by atoms with E-state index in [0.717, 1.165) is 17.6 Å². The Kier molecular flexibility index (Phi) is 16.3. The molecule has 0 rings (SSSR count). The minimum Gasteiger partial charge on any atom is -0.385 e. The molecule has 1 N–H and O–H groups in total. The molecule has 0 heterocycles. The lowest BCUT2D eigenvalue weighted by atomic mass is 10.1. The molecule has 0 saturated heterocycles. The number of quaternary nitrogens is 1. The van der Waals surface area contributed by atoms with E-state index in [1.165, 1.54) is 77.0 Å². The number of ether oxygens (including phenoxy) is 1. The molecule has 146 valence electrons. The first kappa shape index (κ1) is 23.9. The minimum absolute atomic E-state index is 0.336. The van der Waals surface area contributed by atoms with Gasteiger partial charge in [-0.15, -0.1) is 0 Å². The number of rotatable bonds is 18. The lowest BCUT2D eigenvalue weighted by molar-refractivity contribution is -0.893. The molecule has 0 aliphatic rings. The summed E-state index contributed by atoms with van der Waals surface area (Å²) in [5.41, 5.74) is 0. The molecule has 0 aromatic carbocycles. The van der Waals surface area contributed by atoms with Gasteiger partial charge in [0.15, 0.2) is 0 Å². The number of hydrogen-bond acceptors (Lipinski definition) is 2. The normalized spacial score (nSPS) is 13.4. The first-order valence-corrected chi connectivity index (χ1v) is 10.6. The summed E-state index contributed by atoms with van der Waals surface area (Å²) in [6.07, 6.45) is 16.4. The van der Waals surface area contributed by atoms with E-state index in [4.69, 9.17) is 4.74 Å². The number of hydrogen-bond donors (Lipinski definition) is 1. The third-order valence-corrected chi connectivity index (χ3v) is 4.84. The van der Waals surface area contributed by atoms with E-state index in [-0.39, 0.29) is 6.10 Å². The Morgan fingerprint density at radius 1 is 0.750 bits per heavy atom. The molecule has 0 saturated carbocycles. The van der Waals surface area contributed by atoms with Crippen molar-refractivity contribution in [2.75, 3.05) is 40.4 Å². The van der Waals surface area contributed by atoms with Crippen molar-refractivity contribution >= 4 is 0 Å². The minimum atomic E-state index is -0.336. The Morgan fingerprint density at radius 2 is 1.21 bits per heavy atom. The molecule has 0 aliphatic carbocycles. The second-order valence-electron chi connectivity index (χ2n) is 8.04. The van der Waals surface area contributed by atoms with Crippen molar-refractivity contribution in [1.29, 1.82) is 0 Å². The maximum Gasteiger partial charge on any atom is 0.126 e. The summed E-state index contributed by atoms with van der Waals surface area (Å²) < 4.78 is 6.19. The fraction of sp³-hybridized carbons (Fsp3) is 1.00. The van der Waals surface area contributed by atoms with Gasteiger partial charge in [-0.05, 0) is 19.8 Å². The Labute approximate surface area is 152 Å². The first-order chi connectivity index (χ1) is 11.5. The Morgan fingerprint density at radius 3 is 1.67 bits per heavy atom. The number of aliphatic hydroxyl groups is 1. The van der Waals surface area contributed by atoms with E-state index in [2.05, 4.69) is 21.0 Å². The van der Waals surface area contributed by atoms with Gasteiger partial charge >= 0.3 is 0 Å². The van der Waals surface area contributed by atoms with Crippen LogP contribution in [0.25, 0.3) is 0 Å². The van der Waals surface area contributed by atoms with Crippen molar-refractivity contribution in [2.45, 2.75) is 97.0 Å². The van der Waals surface area contributed by atoms with Crippen LogP contribution in [0.4, 0.5) is 0 Å². The Balaban J connectivity index is 3.38. The van der Waals surface area contributed by atoms with Gasteiger partial charge in [-0.3, -0.25) is 0 Å². The van der Waals surface area contributed by atoms with E-state index in [0.29, 0.717) is 13.2 Å². The topological polar surface area (TPSA) is 29.5 Å². The van der Waals surface area contributed by atoms with Gasteiger partial charge in [0.1, 0.15) is 12.6 Å². The van der Waals surface area contributed by atoms with Gasteiger partial charge in [0.25, 0.3) is 0 Å². The van der Waals surface area contributed by atoms with Crippen molar-refractivity contribution in [3.05, 3.63) is 0 Å².